The van der Waals surface area contributed by atoms with E-state index in [0.717, 1.165) is 36.5 Å². The predicted molar refractivity (Wildman–Crippen MR) is 72.6 cm³/mol. The fourth-order valence-corrected chi connectivity index (χ4v) is 2.61. The Kier molecular flexibility index (Phi) is 3.60. The van der Waals surface area contributed by atoms with E-state index in [-0.39, 0.29) is 5.82 Å². The van der Waals surface area contributed by atoms with Gasteiger partial charge in [0.15, 0.2) is 0 Å². The third-order valence-electron chi connectivity index (χ3n) is 3.67. The molecule has 1 saturated heterocycles. The number of aromatic amines is 1. The third-order valence-corrected chi connectivity index (χ3v) is 3.67. The lowest BCUT2D eigenvalue weighted by Crippen LogP contribution is -2.28. The van der Waals surface area contributed by atoms with Crippen molar-refractivity contribution >= 4 is 0 Å². The first kappa shape index (κ1) is 12.4. The van der Waals surface area contributed by atoms with Crippen LogP contribution in [0.5, 0.6) is 0 Å². The fourth-order valence-electron chi connectivity index (χ4n) is 2.61. The Labute approximate surface area is 112 Å². The van der Waals surface area contributed by atoms with E-state index in [1.807, 2.05) is 12.1 Å². The molecule has 2 heterocycles. The predicted octanol–water partition coefficient (Wildman–Crippen LogP) is 2.61. The molecule has 1 aliphatic heterocycles. The minimum atomic E-state index is -0.192. The third kappa shape index (κ3) is 3.01. The molecule has 0 saturated carbocycles. The topological polar surface area (TPSA) is 40.7 Å². The molecule has 4 heteroatoms. The maximum atomic E-state index is 12.8. The molecule has 2 aromatic rings. The Morgan fingerprint density at radius 3 is 2.84 bits per heavy atom. The molecule has 0 amide bonds. The lowest BCUT2D eigenvalue weighted by atomic mass is 9.96. The summed E-state index contributed by atoms with van der Waals surface area (Å²) < 4.78 is 12.8. The fraction of sp³-hybridized carbons (Fsp3) is 0.400. The second-order valence-electron chi connectivity index (χ2n) is 5.16. The van der Waals surface area contributed by atoms with E-state index in [1.54, 1.807) is 0 Å². The van der Waals surface area contributed by atoms with Crippen molar-refractivity contribution in [3.8, 4) is 0 Å². The molecule has 3 rings (SSSR count). The summed E-state index contributed by atoms with van der Waals surface area (Å²) in [5.74, 6) is 0.328. The number of hydrogen-bond acceptors (Lipinski definition) is 2. The quantitative estimate of drug-likeness (QED) is 0.889. The second-order valence-corrected chi connectivity index (χ2v) is 5.16. The van der Waals surface area contributed by atoms with E-state index < -0.39 is 0 Å². The maximum Gasteiger partial charge on any atom is 0.123 e. The van der Waals surface area contributed by atoms with E-state index in [0.29, 0.717) is 5.92 Å². The average Bonchev–Trinajstić information content (AvgIpc) is 2.91. The Morgan fingerprint density at radius 2 is 2.11 bits per heavy atom. The smallest absolute Gasteiger partial charge is 0.123 e. The molecular formula is C15H18FN3. The molecule has 100 valence electrons. The number of aromatic nitrogens is 2. The Hall–Kier alpha value is -1.68. The van der Waals surface area contributed by atoms with E-state index in [9.17, 15) is 4.39 Å². The molecule has 0 radical (unpaired) electrons. The first-order valence-corrected chi connectivity index (χ1v) is 6.80. The van der Waals surface area contributed by atoms with Gasteiger partial charge in [0.1, 0.15) is 5.82 Å². The van der Waals surface area contributed by atoms with Crippen LogP contribution < -0.4 is 5.32 Å². The van der Waals surface area contributed by atoms with Gasteiger partial charge in [-0.15, -0.1) is 0 Å². The van der Waals surface area contributed by atoms with Gasteiger partial charge in [-0.05, 0) is 43.1 Å². The summed E-state index contributed by atoms with van der Waals surface area (Å²) in [6.45, 7) is 2.13. The molecule has 2 N–H and O–H groups in total. The number of rotatable bonds is 3. The highest BCUT2D eigenvalue weighted by Crippen LogP contribution is 2.22. The van der Waals surface area contributed by atoms with Crippen LogP contribution in [0.3, 0.4) is 0 Å². The Morgan fingerprint density at radius 1 is 1.26 bits per heavy atom. The molecule has 1 atom stereocenters. The van der Waals surface area contributed by atoms with Crippen molar-refractivity contribution in [2.24, 2.45) is 0 Å². The van der Waals surface area contributed by atoms with Crippen LogP contribution in [0.4, 0.5) is 4.39 Å². The number of benzene rings is 1. The van der Waals surface area contributed by atoms with Crippen molar-refractivity contribution in [3.63, 3.8) is 0 Å². The van der Waals surface area contributed by atoms with Gasteiger partial charge in [-0.2, -0.15) is 5.10 Å². The molecule has 1 aliphatic rings. The molecular weight excluding hydrogens is 241 g/mol. The standard InChI is InChI=1S/C15H18FN3/c16-13-5-3-11(4-6-13)8-14-9-15(19-18-14)12-2-1-7-17-10-12/h3-6,9,12,17H,1-2,7-8,10H2,(H,18,19)/t12-/m0/s1. The van der Waals surface area contributed by atoms with Crippen LogP contribution >= 0.6 is 0 Å². The van der Waals surface area contributed by atoms with Gasteiger partial charge < -0.3 is 5.32 Å². The SMILES string of the molecule is Fc1ccc(Cc2cc([C@H]3CCCNC3)n[nH]2)cc1. The number of H-pyrrole nitrogens is 1. The molecule has 0 bridgehead atoms. The first-order chi connectivity index (χ1) is 9.31. The summed E-state index contributed by atoms with van der Waals surface area (Å²) in [7, 11) is 0. The zero-order valence-electron chi connectivity index (χ0n) is 10.8. The zero-order valence-corrected chi connectivity index (χ0v) is 10.8. The van der Waals surface area contributed by atoms with Crippen molar-refractivity contribution < 1.29 is 4.39 Å². The van der Waals surface area contributed by atoms with Crippen LogP contribution in [-0.2, 0) is 6.42 Å². The average molecular weight is 259 g/mol. The highest BCUT2D eigenvalue weighted by atomic mass is 19.1. The Balaban J connectivity index is 1.68. The lowest BCUT2D eigenvalue weighted by Gasteiger charge is -2.20. The monoisotopic (exact) mass is 259 g/mol. The van der Waals surface area contributed by atoms with Gasteiger partial charge in [0.05, 0.1) is 5.69 Å². The minimum Gasteiger partial charge on any atom is -0.316 e. The number of nitrogens with zero attached hydrogens (tertiary/aromatic N) is 1. The van der Waals surface area contributed by atoms with Crippen LogP contribution in [0.1, 0.15) is 35.7 Å². The van der Waals surface area contributed by atoms with Crippen molar-refractivity contribution in [1.82, 2.24) is 15.5 Å². The van der Waals surface area contributed by atoms with Gasteiger partial charge in [0, 0.05) is 24.6 Å². The normalized spacial score (nSPS) is 19.5. The number of nitrogens with one attached hydrogen (secondary N) is 2. The molecule has 0 aliphatic carbocycles. The van der Waals surface area contributed by atoms with E-state index >= 15 is 0 Å². The van der Waals surface area contributed by atoms with Crippen LogP contribution in [0, 0.1) is 5.82 Å². The summed E-state index contributed by atoms with van der Waals surface area (Å²) in [5.41, 5.74) is 3.33. The highest BCUT2D eigenvalue weighted by Gasteiger charge is 2.17. The van der Waals surface area contributed by atoms with E-state index in [1.165, 1.54) is 25.0 Å². The van der Waals surface area contributed by atoms with Gasteiger partial charge in [-0.1, -0.05) is 12.1 Å². The summed E-state index contributed by atoms with van der Waals surface area (Å²) in [5, 5.41) is 10.9. The zero-order chi connectivity index (χ0) is 13.1. The Bertz CT molecular complexity index is 527. The van der Waals surface area contributed by atoms with Gasteiger partial charge >= 0.3 is 0 Å². The number of hydrogen-bond donors (Lipinski definition) is 2. The molecule has 1 aromatic carbocycles. The summed E-state index contributed by atoms with van der Waals surface area (Å²) in [6, 6.07) is 8.77. The van der Waals surface area contributed by atoms with Gasteiger partial charge in [0.2, 0.25) is 0 Å². The van der Waals surface area contributed by atoms with Gasteiger partial charge in [-0.25, -0.2) is 4.39 Å². The minimum absolute atomic E-state index is 0.192. The van der Waals surface area contributed by atoms with E-state index in [4.69, 9.17) is 0 Å². The number of piperidine rings is 1. The van der Waals surface area contributed by atoms with Crippen molar-refractivity contribution in [1.29, 1.82) is 0 Å². The first-order valence-electron chi connectivity index (χ1n) is 6.80. The molecule has 19 heavy (non-hydrogen) atoms. The maximum absolute atomic E-state index is 12.8. The van der Waals surface area contributed by atoms with Gasteiger partial charge in [0.25, 0.3) is 0 Å². The van der Waals surface area contributed by atoms with Crippen LogP contribution in [0.25, 0.3) is 0 Å². The number of halogens is 1. The largest absolute Gasteiger partial charge is 0.316 e. The molecule has 1 fully saturated rings. The molecule has 0 unspecified atom stereocenters. The molecule has 1 aromatic heterocycles. The second kappa shape index (κ2) is 5.53. The van der Waals surface area contributed by atoms with E-state index in [2.05, 4.69) is 21.6 Å². The molecule has 0 spiro atoms. The van der Waals surface area contributed by atoms with Gasteiger partial charge in [-0.3, -0.25) is 5.10 Å². The molecule has 3 nitrogen and oxygen atoms in total. The van der Waals surface area contributed by atoms with Crippen LogP contribution in [0.15, 0.2) is 30.3 Å². The van der Waals surface area contributed by atoms with Crippen LogP contribution in [0.2, 0.25) is 0 Å². The lowest BCUT2D eigenvalue weighted by molar-refractivity contribution is 0.454. The summed E-state index contributed by atoms with van der Waals surface area (Å²) in [4.78, 5) is 0. The highest BCUT2D eigenvalue weighted by molar-refractivity contribution is 5.24. The van der Waals surface area contributed by atoms with Crippen molar-refractivity contribution in [2.75, 3.05) is 13.1 Å². The summed E-state index contributed by atoms with van der Waals surface area (Å²) >= 11 is 0. The van der Waals surface area contributed by atoms with Crippen molar-refractivity contribution in [3.05, 3.63) is 53.1 Å². The summed E-state index contributed by atoms with van der Waals surface area (Å²) in [6.07, 6.45) is 3.19. The van der Waals surface area contributed by atoms with Crippen LogP contribution in [-0.4, -0.2) is 23.3 Å². The van der Waals surface area contributed by atoms with Crippen molar-refractivity contribution in [2.45, 2.75) is 25.2 Å².